The van der Waals surface area contributed by atoms with Gasteiger partial charge in [0.05, 0.1) is 5.69 Å². The highest BCUT2D eigenvalue weighted by Crippen LogP contribution is 2.10. The number of hydrogen-bond acceptors (Lipinski definition) is 3. The maximum atomic E-state index is 12.4. The number of guanidine groups is 1. The van der Waals surface area contributed by atoms with Crippen LogP contribution in [0.1, 0.15) is 42.3 Å². The second-order valence-corrected chi connectivity index (χ2v) is 8.62. The lowest BCUT2D eigenvalue weighted by Gasteiger charge is -2.20. The van der Waals surface area contributed by atoms with Gasteiger partial charge < -0.3 is 16.0 Å². The van der Waals surface area contributed by atoms with Crippen LogP contribution in [-0.4, -0.2) is 40.8 Å². The van der Waals surface area contributed by atoms with Gasteiger partial charge in [-0.15, -0.1) is 24.0 Å². The minimum Gasteiger partial charge on any atom is -0.356 e. The molecule has 0 spiro atoms. The molecule has 7 nitrogen and oxygen atoms in total. The molecule has 1 heterocycles. The van der Waals surface area contributed by atoms with Crippen LogP contribution >= 0.6 is 24.0 Å². The predicted octanol–water partition coefficient (Wildman–Crippen LogP) is 3.93. The van der Waals surface area contributed by atoms with Gasteiger partial charge in [-0.2, -0.15) is 5.10 Å². The second kappa shape index (κ2) is 12.4. The second-order valence-electron chi connectivity index (χ2n) is 8.62. The lowest BCUT2D eigenvalue weighted by Crippen LogP contribution is -2.40. The highest BCUT2D eigenvalue weighted by atomic mass is 127. The summed E-state index contributed by atoms with van der Waals surface area (Å²) in [4.78, 5) is 16.7. The van der Waals surface area contributed by atoms with Gasteiger partial charge in [0, 0.05) is 43.6 Å². The molecule has 3 N–H and O–H groups in total. The summed E-state index contributed by atoms with van der Waals surface area (Å²) >= 11 is 0. The molecule has 1 aromatic heterocycles. The van der Waals surface area contributed by atoms with Crippen LogP contribution in [0.25, 0.3) is 5.69 Å². The molecule has 2 aromatic carbocycles. The number of rotatable bonds is 7. The van der Waals surface area contributed by atoms with Crippen LogP contribution in [0.4, 0.5) is 0 Å². The summed E-state index contributed by atoms with van der Waals surface area (Å²) in [6.45, 7) is 7.25. The summed E-state index contributed by atoms with van der Waals surface area (Å²) in [5.41, 5.74) is 3.69. The summed E-state index contributed by atoms with van der Waals surface area (Å²) in [5, 5.41) is 13.9. The Bertz CT molecular complexity index is 1040. The zero-order valence-electron chi connectivity index (χ0n) is 19.6. The van der Waals surface area contributed by atoms with Crippen molar-refractivity contribution in [2.24, 2.45) is 4.99 Å². The molecule has 0 aliphatic rings. The van der Waals surface area contributed by atoms with Gasteiger partial charge in [-0.05, 0) is 68.7 Å². The fourth-order valence-electron chi connectivity index (χ4n) is 3.20. The Morgan fingerprint density at radius 2 is 1.79 bits per heavy atom. The summed E-state index contributed by atoms with van der Waals surface area (Å²) in [7, 11) is 1.75. The molecule has 0 fully saturated rings. The number of aromatic nitrogens is 2. The Hall–Kier alpha value is -2.88. The van der Waals surface area contributed by atoms with E-state index in [2.05, 4.69) is 50.3 Å². The molecule has 0 bridgehead atoms. The van der Waals surface area contributed by atoms with E-state index in [1.165, 1.54) is 5.56 Å². The standard InChI is InChI=1S/C25H32N6O.HI/c1-25(2,3)30-23(32)21-8-5-7-20(17-21)18-28-24(26-4)27-15-13-19-9-11-22(12-10-19)31-16-6-14-29-31;/h5-12,14,16-17H,13,15,18H2,1-4H3,(H,30,32)(H2,26,27,28);1H. The molecule has 0 aliphatic carbocycles. The molecule has 0 aliphatic heterocycles. The lowest BCUT2D eigenvalue weighted by atomic mass is 10.1. The molecule has 1 amide bonds. The highest BCUT2D eigenvalue weighted by Gasteiger charge is 2.15. The van der Waals surface area contributed by atoms with E-state index >= 15 is 0 Å². The fourth-order valence-corrected chi connectivity index (χ4v) is 3.20. The molecule has 0 atom stereocenters. The van der Waals surface area contributed by atoms with Gasteiger partial charge >= 0.3 is 0 Å². The average Bonchev–Trinajstić information content (AvgIpc) is 3.30. The van der Waals surface area contributed by atoms with Gasteiger partial charge in [-0.25, -0.2) is 4.68 Å². The molecule has 3 rings (SSSR count). The Balaban J connectivity index is 0.00000385. The Morgan fingerprint density at radius 3 is 2.42 bits per heavy atom. The van der Waals surface area contributed by atoms with Crippen molar-refractivity contribution < 1.29 is 4.79 Å². The smallest absolute Gasteiger partial charge is 0.251 e. The van der Waals surface area contributed by atoms with Gasteiger partial charge in [-0.3, -0.25) is 9.79 Å². The van der Waals surface area contributed by atoms with Crippen LogP contribution in [0, 0.1) is 0 Å². The van der Waals surface area contributed by atoms with Gasteiger partial charge in [0.25, 0.3) is 5.91 Å². The first-order valence-electron chi connectivity index (χ1n) is 10.8. The van der Waals surface area contributed by atoms with Gasteiger partial charge in [-0.1, -0.05) is 24.3 Å². The van der Waals surface area contributed by atoms with E-state index in [0.717, 1.165) is 30.2 Å². The number of carbonyl (C=O) groups excluding carboxylic acids is 1. The molecule has 0 radical (unpaired) electrons. The zero-order valence-corrected chi connectivity index (χ0v) is 22.0. The number of halogens is 1. The highest BCUT2D eigenvalue weighted by molar-refractivity contribution is 14.0. The van der Waals surface area contributed by atoms with Crippen LogP contribution in [0.15, 0.2) is 72.0 Å². The molecular formula is C25H33IN6O. The Morgan fingerprint density at radius 1 is 1.03 bits per heavy atom. The topological polar surface area (TPSA) is 83.3 Å². The van der Waals surface area contributed by atoms with Crippen molar-refractivity contribution >= 4 is 35.8 Å². The first kappa shape index (κ1) is 26.4. The van der Waals surface area contributed by atoms with Crippen molar-refractivity contribution in [2.75, 3.05) is 13.6 Å². The number of nitrogens with zero attached hydrogens (tertiary/aromatic N) is 3. The average molecular weight is 560 g/mol. The SMILES string of the molecule is CN=C(NCCc1ccc(-n2cccn2)cc1)NCc1cccc(C(=O)NC(C)(C)C)c1.I. The first-order valence-corrected chi connectivity index (χ1v) is 10.8. The third kappa shape index (κ3) is 8.53. The summed E-state index contributed by atoms with van der Waals surface area (Å²) in [6.07, 6.45) is 4.58. The van der Waals surface area contributed by atoms with E-state index in [0.29, 0.717) is 12.1 Å². The molecule has 0 saturated carbocycles. The largest absolute Gasteiger partial charge is 0.356 e. The van der Waals surface area contributed by atoms with Crippen molar-refractivity contribution in [3.05, 3.63) is 83.7 Å². The Labute approximate surface area is 213 Å². The molecule has 0 saturated heterocycles. The quantitative estimate of drug-likeness (QED) is 0.233. The normalized spacial score (nSPS) is 11.5. The third-order valence-electron chi connectivity index (χ3n) is 4.77. The molecular weight excluding hydrogens is 527 g/mol. The molecule has 0 unspecified atom stereocenters. The summed E-state index contributed by atoms with van der Waals surface area (Å²) in [5.74, 6) is 0.656. The van der Waals surface area contributed by atoms with Gasteiger partial charge in [0.2, 0.25) is 0 Å². The number of amides is 1. The van der Waals surface area contributed by atoms with E-state index in [1.54, 1.807) is 13.2 Å². The first-order chi connectivity index (χ1) is 15.3. The minimum atomic E-state index is -0.267. The number of benzene rings is 2. The number of nitrogens with one attached hydrogen (secondary N) is 3. The maximum absolute atomic E-state index is 12.4. The van der Waals surface area contributed by atoms with E-state index in [4.69, 9.17) is 0 Å². The molecule has 8 heteroatoms. The number of aliphatic imine (C=N–C) groups is 1. The fraction of sp³-hybridized carbons (Fsp3) is 0.320. The third-order valence-corrected chi connectivity index (χ3v) is 4.77. The lowest BCUT2D eigenvalue weighted by molar-refractivity contribution is 0.0919. The van der Waals surface area contributed by atoms with Crippen LogP contribution in [0.5, 0.6) is 0 Å². The van der Waals surface area contributed by atoms with Crippen molar-refractivity contribution in [3.63, 3.8) is 0 Å². The number of carbonyl (C=O) groups is 1. The van der Waals surface area contributed by atoms with Crippen LogP contribution in [0.2, 0.25) is 0 Å². The van der Waals surface area contributed by atoms with Crippen LogP contribution < -0.4 is 16.0 Å². The van der Waals surface area contributed by atoms with E-state index < -0.39 is 0 Å². The molecule has 176 valence electrons. The van der Waals surface area contributed by atoms with Crippen molar-refractivity contribution in [1.29, 1.82) is 0 Å². The summed E-state index contributed by atoms with van der Waals surface area (Å²) < 4.78 is 1.84. The minimum absolute atomic E-state index is 0. The van der Waals surface area contributed by atoms with E-state index in [-0.39, 0.29) is 35.4 Å². The van der Waals surface area contributed by atoms with Crippen LogP contribution in [-0.2, 0) is 13.0 Å². The molecule has 3 aromatic rings. The maximum Gasteiger partial charge on any atom is 0.251 e. The summed E-state index contributed by atoms with van der Waals surface area (Å²) in [6, 6.07) is 17.9. The monoisotopic (exact) mass is 560 g/mol. The van der Waals surface area contributed by atoms with Crippen LogP contribution in [0.3, 0.4) is 0 Å². The van der Waals surface area contributed by atoms with Crippen molar-refractivity contribution in [2.45, 2.75) is 39.3 Å². The predicted molar refractivity (Wildman–Crippen MR) is 145 cm³/mol. The van der Waals surface area contributed by atoms with Gasteiger partial charge in [0.1, 0.15) is 0 Å². The molecule has 33 heavy (non-hydrogen) atoms. The number of hydrogen-bond donors (Lipinski definition) is 3. The van der Waals surface area contributed by atoms with Crippen molar-refractivity contribution in [3.8, 4) is 5.69 Å². The zero-order chi connectivity index (χ0) is 23.0. The Kier molecular flexibility index (Phi) is 9.90. The van der Waals surface area contributed by atoms with Crippen molar-refractivity contribution in [1.82, 2.24) is 25.7 Å². The van der Waals surface area contributed by atoms with E-state index in [1.807, 2.05) is 62.0 Å². The van der Waals surface area contributed by atoms with E-state index in [9.17, 15) is 4.79 Å². The van der Waals surface area contributed by atoms with Gasteiger partial charge in [0.15, 0.2) is 5.96 Å².